The molecular weight excluding hydrogens is 489 g/mol. The van der Waals surface area contributed by atoms with Crippen LogP contribution in [0.3, 0.4) is 0 Å². The summed E-state index contributed by atoms with van der Waals surface area (Å²) in [7, 11) is 5.06. The van der Waals surface area contributed by atoms with Gasteiger partial charge in [-0.05, 0) is 48.2 Å². The molecule has 0 saturated heterocycles. The van der Waals surface area contributed by atoms with Crippen molar-refractivity contribution in [1.29, 1.82) is 0 Å². The lowest BCUT2D eigenvalue weighted by Crippen LogP contribution is -2.40. The van der Waals surface area contributed by atoms with Gasteiger partial charge in [-0.3, -0.25) is 4.99 Å². The predicted molar refractivity (Wildman–Crippen MR) is 126 cm³/mol. The fourth-order valence-corrected chi connectivity index (χ4v) is 3.30. The van der Waals surface area contributed by atoms with Gasteiger partial charge in [0.05, 0.1) is 14.2 Å². The molecule has 2 aromatic carbocycles. The number of ether oxygens (including phenoxy) is 2. The summed E-state index contributed by atoms with van der Waals surface area (Å²) in [6, 6.07) is 14.1. The molecule has 0 unspecified atom stereocenters. The van der Waals surface area contributed by atoms with Crippen molar-refractivity contribution in [2.75, 3.05) is 27.8 Å². The average Bonchev–Trinajstić information content (AvgIpc) is 3.49. The molecule has 152 valence electrons. The monoisotopic (exact) mass is 515 g/mol. The minimum absolute atomic E-state index is 0. The first-order valence-electron chi connectivity index (χ1n) is 9.02. The summed E-state index contributed by atoms with van der Waals surface area (Å²) < 4.78 is 10.6. The third-order valence-corrected chi connectivity index (χ3v) is 5.29. The Kier molecular flexibility index (Phi) is 8.24. The maximum atomic E-state index is 6.01. The highest BCUT2D eigenvalue weighted by molar-refractivity contribution is 14.0. The Bertz CT molecular complexity index is 808. The topological polar surface area (TPSA) is 54.9 Å². The Hall–Kier alpha value is -1.67. The van der Waals surface area contributed by atoms with Gasteiger partial charge in [-0.1, -0.05) is 29.8 Å². The lowest BCUT2D eigenvalue weighted by molar-refractivity contribution is 0.354. The van der Waals surface area contributed by atoms with E-state index in [1.54, 1.807) is 21.3 Å². The van der Waals surface area contributed by atoms with Crippen molar-refractivity contribution in [2.45, 2.75) is 24.8 Å². The molecule has 0 atom stereocenters. The van der Waals surface area contributed by atoms with Crippen molar-refractivity contribution in [1.82, 2.24) is 10.6 Å². The molecule has 5 nitrogen and oxygen atoms in total. The highest BCUT2D eigenvalue weighted by Crippen LogP contribution is 2.47. The van der Waals surface area contributed by atoms with Crippen molar-refractivity contribution < 1.29 is 9.47 Å². The van der Waals surface area contributed by atoms with Gasteiger partial charge in [0.2, 0.25) is 0 Å². The van der Waals surface area contributed by atoms with Crippen LogP contribution in [0.5, 0.6) is 11.5 Å². The molecule has 0 aromatic heterocycles. The molecule has 1 aliphatic carbocycles. The molecule has 2 aromatic rings. The molecule has 0 aliphatic heterocycles. The van der Waals surface area contributed by atoms with Gasteiger partial charge < -0.3 is 20.1 Å². The molecule has 0 bridgehead atoms. The summed E-state index contributed by atoms with van der Waals surface area (Å²) in [5, 5.41) is 7.59. The predicted octanol–water partition coefficient (Wildman–Crippen LogP) is 4.37. The molecule has 0 heterocycles. The second kappa shape index (κ2) is 10.2. The van der Waals surface area contributed by atoms with Gasteiger partial charge >= 0.3 is 0 Å². The number of guanidine groups is 1. The molecule has 7 heteroatoms. The van der Waals surface area contributed by atoms with Crippen LogP contribution in [0.1, 0.15) is 24.0 Å². The van der Waals surface area contributed by atoms with Crippen LogP contribution < -0.4 is 20.1 Å². The van der Waals surface area contributed by atoms with Gasteiger partial charge in [-0.2, -0.15) is 0 Å². The van der Waals surface area contributed by atoms with Crippen molar-refractivity contribution in [3.05, 3.63) is 58.6 Å². The zero-order valence-electron chi connectivity index (χ0n) is 16.4. The van der Waals surface area contributed by atoms with Gasteiger partial charge in [-0.15, -0.1) is 24.0 Å². The molecule has 3 rings (SSSR count). The number of benzene rings is 2. The Morgan fingerprint density at radius 3 is 2.29 bits per heavy atom. The van der Waals surface area contributed by atoms with Crippen LogP contribution >= 0.6 is 35.6 Å². The third-order valence-electron chi connectivity index (χ3n) is 5.04. The first-order chi connectivity index (χ1) is 13.1. The van der Waals surface area contributed by atoms with Crippen molar-refractivity contribution in [2.24, 2.45) is 4.99 Å². The van der Waals surface area contributed by atoms with E-state index in [0.717, 1.165) is 34.6 Å². The van der Waals surface area contributed by atoms with Gasteiger partial charge in [0.15, 0.2) is 17.5 Å². The van der Waals surface area contributed by atoms with Gasteiger partial charge in [0.25, 0.3) is 0 Å². The lowest BCUT2D eigenvalue weighted by Gasteiger charge is -2.19. The molecular formula is C21H27ClIN3O2. The van der Waals surface area contributed by atoms with Crippen LogP contribution in [-0.4, -0.2) is 33.8 Å². The van der Waals surface area contributed by atoms with Crippen LogP contribution in [0.15, 0.2) is 47.5 Å². The number of methoxy groups -OCH3 is 2. The van der Waals surface area contributed by atoms with Crippen molar-refractivity contribution >= 4 is 41.5 Å². The number of nitrogens with one attached hydrogen (secondary N) is 2. The number of halogens is 2. The Morgan fingerprint density at radius 1 is 1.04 bits per heavy atom. The standard InChI is InChI=1S/C21H26ClN3O2.HI/c1-23-20(24-13-15-4-9-18(26-2)19(12-15)27-3)25-14-21(10-11-21)16-5-7-17(22)8-6-16;/h4-9,12H,10-11,13-14H2,1-3H3,(H2,23,24,25);1H. The quantitative estimate of drug-likeness (QED) is 0.327. The van der Waals surface area contributed by atoms with Crippen LogP contribution in [0, 0.1) is 0 Å². The van der Waals surface area contributed by atoms with Gasteiger partial charge in [-0.25, -0.2) is 0 Å². The third kappa shape index (κ3) is 5.44. The molecule has 1 saturated carbocycles. The van der Waals surface area contributed by atoms with E-state index < -0.39 is 0 Å². The smallest absolute Gasteiger partial charge is 0.191 e. The number of nitrogens with zero attached hydrogens (tertiary/aromatic N) is 1. The average molecular weight is 516 g/mol. The number of rotatable bonds is 7. The molecule has 0 spiro atoms. The van der Waals surface area contributed by atoms with E-state index >= 15 is 0 Å². The van der Waals surface area contributed by atoms with Gasteiger partial charge in [0.1, 0.15) is 0 Å². The number of aliphatic imine (C=N–C) groups is 1. The number of hydrogen-bond acceptors (Lipinski definition) is 3. The molecule has 2 N–H and O–H groups in total. The maximum Gasteiger partial charge on any atom is 0.191 e. The second-order valence-corrected chi connectivity index (χ2v) is 7.19. The van der Waals surface area contributed by atoms with E-state index in [1.807, 2.05) is 30.3 Å². The fraction of sp³-hybridized carbons (Fsp3) is 0.381. The van der Waals surface area contributed by atoms with Crippen LogP contribution in [-0.2, 0) is 12.0 Å². The maximum absolute atomic E-state index is 6.01. The van der Waals surface area contributed by atoms with E-state index in [-0.39, 0.29) is 29.4 Å². The Labute approximate surface area is 188 Å². The number of hydrogen-bond donors (Lipinski definition) is 2. The molecule has 0 radical (unpaired) electrons. The molecule has 1 fully saturated rings. The van der Waals surface area contributed by atoms with E-state index in [1.165, 1.54) is 18.4 Å². The fourth-order valence-electron chi connectivity index (χ4n) is 3.17. The summed E-state index contributed by atoms with van der Waals surface area (Å²) >= 11 is 6.01. The minimum atomic E-state index is 0. The van der Waals surface area contributed by atoms with Crippen LogP contribution in [0.25, 0.3) is 0 Å². The molecule has 0 amide bonds. The summed E-state index contributed by atoms with van der Waals surface area (Å²) in [5.41, 5.74) is 2.61. The first kappa shape index (κ1) is 22.6. The molecule has 28 heavy (non-hydrogen) atoms. The summed E-state index contributed by atoms with van der Waals surface area (Å²) in [6.07, 6.45) is 2.35. The molecule has 1 aliphatic rings. The Balaban J connectivity index is 0.00000280. The summed E-state index contributed by atoms with van der Waals surface area (Å²) in [4.78, 5) is 4.34. The van der Waals surface area contributed by atoms with Crippen LogP contribution in [0.4, 0.5) is 0 Å². The SMILES string of the molecule is CN=C(NCc1ccc(OC)c(OC)c1)NCC1(c2ccc(Cl)cc2)CC1.I. The summed E-state index contributed by atoms with van der Waals surface area (Å²) in [5.74, 6) is 2.23. The lowest BCUT2D eigenvalue weighted by atomic mass is 9.96. The van der Waals surface area contributed by atoms with E-state index in [4.69, 9.17) is 21.1 Å². The van der Waals surface area contributed by atoms with Crippen molar-refractivity contribution in [3.63, 3.8) is 0 Å². The second-order valence-electron chi connectivity index (χ2n) is 6.76. The normalized spacial score (nSPS) is 14.6. The minimum Gasteiger partial charge on any atom is -0.493 e. The zero-order valence-corrected chi connectivity index (χ0v) is 19.5. The van der Waals surface area contributed by atoms with Crippen molar-refractivity contribution in [3.8, 4) is 11.5 Å². The highest BCUT2D eigenvalue weighted by Gasteiger charge is 2.44. The van der Waals surface area contributed by atoms with E-state index in [9.17, 15) is 0 Å². The van der Waals surface area contributed by atoms with E-state index in [2.05, 4.69) is 27.8 Å². The van der Waals surface area contributed by atoms with Crippen LogP contribution in [0.2, 0.25) is 5.02 Å². The first-order valence-corrected chi connectivity index (χ1v) is 9.39. The zero-order chi connectivity index (χ0) is 19.3. The Morgan fingerprint density at radius 2 is 1.71 bits per heavy atom. The largest absolute Gasteiger partial charge is 0.493 e. The summed E-state index contributed by atoms with van der Waals surface area (Å²) in [6.45, 7) is 1.49. The van der Waals surface area contributed by atoms with Gasteiger partial charge in [0, 0.05) is 30.6 Å². The highest BCUT2D eigenvalue weighted by atomic mass is 127. The van der Waals surface area contributed by atoms with E-state index in [0.29, 0.717) is 6.54 Å².